The Kier molecular flexibility index (Phi) is 7.25. The van der Waals surface area contributed by atoms with Gasteiger partial charge in [-0.15, -0.1) is 0 Å². The molecule has 1 atom stereocenters. The molecule has 1 aromatic rings. The number of amides is 3. The first-order chi connectivity index (χ1) is 11.9. The Morgan fingerprint density at radius 3 is 2.52 bits per heavy atom. The van der Waals surface area contributed by atoms with Gasteiger partial charge in [0.25, 0.3) is 0 Å². The van der Waals surface area contributed by atoms with Gasteiger partial charge in [0.2, 0.25) is 5.91 Å². The van der Waals surface area contributed by atoms with E-state index in [1.165, 1.54) is 6.92 Å². The molecule has 1 fully saturated rings. The second-order valence-corrected chi connectivity index (χ2v) is 7.01. The van der Waals surface area contributed by atoms with Gasteiger partial charge in [0.15, 0.2) is 0 Å². The molecule has 0 aliphatic carbocycles. The molecule has 0 spiro atoms. The maximum absolute atomic E-state index is 11.9. The average Bonchev–Trinajstić information content (AvgIpc) is 3.03. The largest absolute Gasteiger partial charge is 0.338 e. The minimum Gasteiger partial charge on any atom is -0.338 e. The van der Waals surface area contributed by atoms with Crippen molar-refractivity contribution in [2.75, 3.05) is 31.5 Å². The molecule has 1 aliphatic rings. The van der Waals surface area contributed by atoms with Crippen LogP contribution in [0, 0.1) is 5.92 Å². The first-order valence-corrected chi connectivity index (χ1v) is 9.06. The molecule has 3 amide bonds. The van der Waals surface area contributed by atoms with Crippen molar-refractivity contribution in [3.8, 4) is 0 Å². The lowest BCUT2D eigenvalue weighted by molar-refractivity contribution is -0.114. The summed E-state index contributed by atoms with van der Waals surface area (Å²) in [6.07, 6.45) is 1.91. The molecular formula is C19H30N4O2. The van der Waals surface area contributed by atoms with Gasteiger partial charge in [-0.05, 0) is 56.8 Å². The van der Waals surface area contributed by atoms with Crippen LogP contribution in [-0.2, 0) is 11.2 Å². The van der Waals surface area contributed by atoms with Crippen LogP contribution in [0.3, 0.4) is 0 Å². The van der Waals surface area contributed by atoms with E-state index in [2.05, 4.69) is 34.7 Å². The predicted molar refractivity (Wildman–Crippen MR) is 101 cm³/mol. The summed E-state index contributed by atoms with van der Waals surface area (Å²) in [6, 6.07) is 8.15. The summed E-state index contributed by atoms with van der Waals surface area (Å²) in [4.78, 5) is 25.3. The Morgan fingerprint density at radius 2 is 1.92 bits per heavy atom. The summed E-state index contributed by atoms with van der Waals surface area (Å²) < 4.78 is 0. The maximum Gasteiger partial charge on any atom is 0.314 e. The van der Waals surface area contributed by atoms with E-state index >= 15 is 0 Å². The maximum atomic E-state index is 11.9. The van der Waals surface area contributed by atoms with Crippen molar-refractivity contribution in [2.45, 2.75) is 39.7 Å². The van der Waals surface area contributed by atoms with Gasteiger partial charge in [-0.25, -0.2) is 4.79 Å². The first kappa shape index (κ1) is 19.2. The Bertz CT molecular complexity index is 571. The molecule has 0 bridgehead atoms. The minimum atomic E-state index is -0.0992. The first-order valence-electron chi connectivity index (χ1n) is 9.06. The Hall–Kier alpha value is -2.08. The van der Waals surface area contributed by atoms with Gasteiger partial charge in [-0.3, -0.25) is 4.79 Å². The topological polar surface area (TPSA) is 73.5 Å². The van der Waals surface area contributed by atoms with Crippen LogP contribution in [0.25, 0.3) is 0 Å². The van der Waals surface area contributed by atoms with Gasteiger partial charge in [0, 0.05) is 38.3 Å². The van der Waals surface area contributed by atoms with Crippen molar-refractivity contribution in [3.05, 3.63) is 29.8 Å². The fourth-order valence-corrected chi connectivity index (χ4v) is 3.08. The molecule has 6 nitrogen and oxygen atoms in total. The van der Waals surface area contributed by atoms with E-state index in [0.717, 1.165) is 43.7 Å². The van der Waals surface area contributed by atoms with Crippen LogP contribution in [0.15, 0.2) is 24.3 Å². The molecule has 25 heavy (non-hydrogen) atoms. The number of benzene rings is 1. The van der Waals surface area contributed by atoms with Gasteiger partial charge in [0.1, 0.15) is 0 Å². The highest BCUT2D eigenvalue weighted by atomic mass is 16.2. The fourth-order valence-electron chi connectivity index (χ4n) is 3.08. The van der Waals surface area contributed by atoms with Gasteiger partial charge < -0.3 is 20.9 Å². The smallest absolute Gasteiger partial charge is 0.314 e. The predicted octanol–water partition coefficient (Wildman–Crippen LogP) is 2.22. The zero-order valence-corrected chi connectivity index (χ0v) is 15.5. The molecule has 0 saturated carbocycles. The van der Waals surface area contributed by atoms with E-state index in [4.69, 9.17) is 0 Å². The quantitative estimate of drug-likeness (QED) is 0.709. The zero-order valence-electron chi connectivity index (χ0n) is 15.5. The molecular weight excluding hydrogens is 316 g/mol. The highest BCUT2D eigenvalue weighted by Gasteiger charge is 2.24. The number of hydrogen-bond donors (Lipinski definition) is 3. The number of urea groups is 1. The highest BCUT2D eigenvalue weighted by molar-refractivity contribution is 5.88. The minimum absolute atomic E-state index is 0.0788. The van der Waals surface area contributed by atoms with Crippen LogP contribution in [0.2, 0.25) is 0 Å². The molecule has 0 radical (unpaired) electrons. The molecule has 0 aromatic heterocycles. The van der Waals surface area contributed by atoms with Crippen LogP contribution in [0.4, 0.5) is 10.5 Å². The summed E-state index contributed by atoms with van der Waals surface area (Å²) >= 11 is 0. The number of carbonyl (C=O) groups is 2. The Morgan fingerprint density at radius 1 is 1.20 bits per heavy atom. The van der Waals surface area contributed by atoms with Crippen molar-refractivity contribution in [1.29, 1.82) is 0 Å². The lowest BCUT2D eigenvalue weighted by Crippen LogP contribution is -2.39. The van der Waals surface area contributed by atoms with Gasteiger partial charge in [-0.1, -0.05) is 12.1 Å². The van der Waals surface area contributed by atoms with E-state index in [1.54, 1.807) is 0 Å². The number of nitrogens with zero attached hydrogens (tertiary/aromatic N) is 1. The number of rotatable bonds is 7. The summed E-state index contributed by atoms with van der Waals surface area (Å²) in [5.74, 6) is 0.472. The Balaban J connectivity index is 1.61. The second-order valence-electron chi connectivity index (χ2n) is 7.01. The van der Waals surface area contributed by atoms with E-state index in [-0.39, 0.29) is 11.9 Å². The lowest BCUT2D eigenvalue weighted by Gasteiger charge is -2.20. The molecule has 138 valence electrons. The van der Waals surface area contributed by atoms with E-state index in [1.807, 2.05) is 24.3 Å². The Labute approximate surface area is 150 Å². The van der Waals surface area contributed by atoms with Gasteiger partial charge in [0.05, 0.1) is 0 Å². The van der Waals surface area contributed by atoms with Crippen molar-refractivity contribution in [1.82, 2.24) is 15.5 Å². The highest BCUT2D eigenvalue weighted by Crippen LogP contribution is 2.17. The van der Waals surface area contributed by atoms with Crippen molar-refractivity contribution < 1.29 is 9.59 Å². The van der Waals surface area contributed by atoms with Crippen molar-refractivity contribution in [3.63, 3.8) is 0 Å². The molecule has 0 unspecified atom stereocenters. The molecule has 6 heteroatoms. The fraction of sp³-hybridized carbons (Fsp3) is 0.579. The normalized spacial score (nSPS) is 17.5. The second kappa shape index (κ2) is 9.42. The summed E-state index contributed by atoms with van der Waals surface area (Å²) in [6.45, 7) is 9.44. The van der Waals surface area contributed by atoms with Crippen LogP contribution in [-0.4, -0.2) is 49.1 Å². The van der Waals surface area contributed by atoms with Crippen LogP contribution >= 0.6 is 0 Å². The summed E-state index contributed by atoms with van der Waals surface area (Å²) in [5, 5.41) is 8.62. The molecule has 3 N–H and O–H groups in total. The number of carbonyl (C=O) groups excluding carboxylic acids is 2. The van der Waals surface area contributed by atoms with Crippen LogP contribution < -0.4 is 16.0 Å². The van der Waals surface area contributed by atoms with Crippen molar-refractivity contribution in [2.24, 2.45) is 5.92 Å². The number of anilines is 1. The molecule has 1 aromatic carbocycles. The van der Waals surface area contributed by atoms with E-state index < -0.39 is 0 Å². The SMILES string of the molecule is CC(=O)Nc1ccc(CCNC(=O)NC[C@H]2CCN(C(C)C)C2)cc1. The third kappa shape index (κ3) is 6.74. The lowest BCUT2D eigenvalue weighted by atomic mass is 10.1. The van der Waals surface area contributed by atoms with Crippen LogP contribution in [0.5, 0.6) is 0 Å². The van der Waals surface area contributed by atoms with Gasteiger partial charge in [-0.2, -0.15) is 0 Å². The zero-order chi connectivity index (χ0) is 18.2. The standard InChI is InChI=1S/C19H30N4O2/c1-14(2)23-11-9-17(13-23)12-21-19(25)20-10-8-16-4-6-18(7-5-16)22-15(3)24/h4-7,14,17H,8-13H2,1-3H3,(H,22,24)(H2,20,21,25)/t17-/m1/s1. The van der Waals surface area contributed by atoms with Gasteiger partial charge >= 0.3 is 6.03 Å². The third-order valence-electron chi connectivity index (χ3n) is 4.57. The number of hydrogen-bond acceptors (Lipinski definition) is 3. The summed E-state index contributed by atoms with van der Waals surface area (Å²) in [5.41, 5.74) is 1.91. The third-order valence-corrected chi connectivity index (χ3v) is 4.57. The number of likely N-dealkylation sites (tertiary alicyclic amines) is 1. The average molecular weight is 346 g/mol. The monoisotopic (exact) mass is 346 g/mol. The number of nitrogens with one attached hydrogen (secondary N) is 3. The molecule has 1 saturated heterocycles. The molecule has 1 aliphatic heterocycles. The van der Waals surface area contributed by atoms with E-state index in [9.17, 15) is 9.59 Å². The summed E-state index contributed by atoms with van der Waals surface area (Å²) in [7, 11) is 0. The molecule has 1 heterocycles. The van der Waals surface area contributed by atoms with E-state index in [0.29, 0.717) is 18.5 Å². The van der Waals surface area contributed by atoms with Crippen molar-refractivity contribution >= 4 is 17.6 Å². The molecule has 2 rings (SSSR count). The van der Waals surface area contributed by atoms with Crippen LogP contribution in [0.1, 0.15) is 32.8 Å².